The van der Waals surface area contributed by atoms with Gasteiger partial charge in [0.1, 0.15) is 13.2 Å². The first-order chi connectivity index (χ1) is 10.3. The van der Waals surface area contributed by atoms with Crippen molar-refractivity contribution in [1.82, 2.24) is 14.5 Å². The lowest BCUT2D eigenvalue weighted by Gasteiger charge is -2.35. The van der Waals surface area contributed by atoms with Crippen LogP contribution in [-0.2, 0) is 9.63 Å². The Labute approximate surface area is 134 Å². The molecule has 0 saturated carbocycles. The van der Waals surface area contributed by atoms with Crippen molar-refractivity contribution in [2.45, 2.75) is 53.6 Å². The molecule has 1 aromatic rings. The summed E-state index contributed by atoms with van der Waals surface area (Å²) in [5.41, 5.74) is 0. The number of nitrogens with zero attached hydrogens (tertiary/aromatic N) is 3. The van der Waals surface area contributed by atoms with Crippen LogP contribution in [0.3, 0.4) is 0 Å². The van der Waals surface area contributed by atoms with Crippen LogP contribution in [0.25, 0.3) is 0 Å². The zero-order chi connectivity index (χ0) is 16.8. The van der Waals surface area contributed by atoms with Gasteiger partial charge < -0.3 is 0 Å². The molecule has 22 heavy (non-hydrogen) atoms. The van der Waals surface area contributed by atoms with E-state index >= 15 is 0 Å². The van der Waals surface area contributed by atoms with Crippen molar-refractivity contribution < 1.29 is 9.63 Å². The number of carbonyl (C=O) groups is 1. The first-order valence-electron chi connectivity index (χ1n) is 8.06. The molecule has 0 aliphatic carbocycles. The van der Waals surface area contributed by atoms with E-state index in [1.165, 1.54) is 0 Å². The second-order valence-electron chi connectivity index (χ2n) is 6.01. The number of pyridine rings is 1. The fourth-order valence-corrected chi connectivity index (χ4v) is 2.81. The van der Waals surface area contributed by atoms with Crippen LogP contribution in [0.1, 0.15) is 41.5 Å². The normalized spacial score (nSPS) is 14.6. The summed E-state index contributed by atoms with van der Waals surface area (Å²) in [5, 5.41) is 0. The first kappa shape index (κ1) is 18.7. The minimum absolute atomic E-state index is 0.0481. The average Bonchev–Trinajstić information content (AvgIpc) is 2.46. The van der Waals surface area contributed by atoms with Gasteiger partial charge in [-0.1, -0.05) is 10.7 Å². The molecular weight excluding hydrogens is 278 g/mol. The molecule has 1 amide bonds. The van der Waals surface area contributed by atoms with Crippen molar-refractivity contribution in [1.29, 1.82) is 0 Å². The van der Waals surface area contributed by atoms with E-state index in [2.05, 4.69) is 37.6 Å². The van der Waals surface area contributed by atoms with Crippen LogP contribution in [-0.4, -0.2) is 47.6 Å². The highest BCUT2D eigenvalue weighted by Crippen LogP contribution is 2.22. The Balaban J connectivity index is 3.08. The van der Waals surface area contributed by atoms with Gasteiger partial charge in [0.25, 0.3) is 5.82 Å². The van der Waals surface area contributed by atoms with Gasteiger partial charge >= 0.3 is 5.91 Å². The highest BCUT2D eigenvalue weighted by atomic mass is 16.7. The average molecular weight is 308 g/mol. The molecule has 1 unspecified atom stereocenters. The first-order valence-corrected chi connectivity index (χ1v) is 8.06. The predicted octanol–water partition coefficient (Wildman–Crippen LogP) is 3.01. The summed E-state index contributed by atoms with van der Waals surface area (Å²) in [6.07, 6.45) is 1.70. The third kappa shape index (κ3) is 4.35. The summed E-state index contributed by atoms with van der Waals surface area (Å²) in [4.78, 5) is 25.0. The molecule has 1 aromatic heterocycles. The van der Waals surface area contributed by atoms with Gasteiger partial charge in [-0.2, -0.15) is 4.84 Å². The van der Waals surface area contributed by atoms with E-state index in [-0.39, 0.29) is 10.6 Å². The molecule has 1 heterocycles. The number of hydrogen-bond donors (Lipinski definition) is 0. The molecule has 5 nitrogen and oxygen atoms in total. The van der Waals surface area contributed by atoms with Crippen LogP contribution >= 0.6 is 0 Å². The van der Waals surface area contributed by atoms with Gasteiger partial charge in [-0.25, -0.2) is 9.78 Å². The molecule has 0 aliphatic heterocycles. The molecule has 1 atom stereocenters. The summed E-state index contributed by atoms with van der Waals surface area (Å²) in [6.45, 7) is 13.9. The van der Waals surface area contributed by atoms with Crippen LogP contribution < -0.4 is 4.65 Å². The number of rotatable bonds is 8. The number of hydroxylamine groups is 2. The Bertz CT molecular complexity index is 454. The van der Waals surface area contributed by atoms with Crippen molar-refractivity contribution in [3.63, 3.8) is 0 Å². The zero-order valence-electron chi connectivity index (χ0n) is 14.7. The molecule has 5 heteroatoms. The van der Waals surface area contributed by atoms with Crippen molar-refractivity contribution in [2.24, 2.45) is 0 Å². The third-order valence-electron chi connectivity index (χ3n) is 3.88. The van der Waals surface area contributed by atoms with E-state index in [1.54, 1.807) is 13.1 Å². The number of aromatic nitrogens is 1. The SMILES string of the molecule is CCO[N+](CCN(C(C)C)C(C)C)(C(C)=O)c1ccccn1. The summed E-state index contributed by atoms with van der Waals surface area (Å²) in [6, 6.07) is 6.42. The van der Waals surface area contributed by atoms with Gasteiger partial charge in [-0.05, 0) is 40.7 Å². The molecule has 0 aromatic carbocycles. The summed E-state index contributed by atoms with van der Waals surface area (Å²) in [7, 11) is 0. The van der Waals surface area contributed by atoms with Gasteiger partial charge in [-0.3, -0.25) is 4.90 Å². The Kier molecular flexibility index (Phi) is 7.13. The molecule has 0 bridgehead atoms. The lowest BCUT2D eigenvalue weighted by atomic mass is 10.2. The second kappa shape index (κ2) is 8.36. The van der Waals surface area contributed by atoms with Gasteiger partial charge in [0.15, 0.2) is 0 Å². The maximum Gasteiger partial charge on any atom is 0.349 e. The van der Waals surface area contributed by atoms with Crippen molar-refractivity contribution >= 4 is 11.7 Å². The van der Waals surface area contributed by atoms with E-state index in [4.69, 9.17) is 4.84 Å². The number of hydrogen-bond acceptors (Lipinski definition) is 4. The van der Waals surface area contributed by atoms with E-state index in [0.29, 0.717) is 31.1 Å². The van der Waals surface area contributed by atoms with Crippen LogP contribution in [0.2, 0.25) is 0 Å². The van der Waals surface area contributed by atoms with E-state index < -0.39 is 0 Å². The van der Waals surface area contributed by atoms with Gasteiger partial charge in [-0.15, -0.1) is 0 Å². The monoisotopic (exact) mass is 308 g/mol. The Morgan fingerprint density at radius 1 is 1.27 bits per heavy atom. The maximum absolute atomic E-state index is 12.4. The molecule has 0 fully saturated rings. The molecule has 1 rings (SSSR count). The zero-order valence-corrected chi connectivity index (χ0v) is 14.7. The Morgan fingerprint density at radius 3 is 2.32 bits per heavy atom. The number of carbonyl (C=O) groups excluding carboxylic acids is 1. The third-order valence-corrected chi connectivity index (χ3v) is 3.88. The standard InChI is InChI=1S/C17H30N3O2/c1-7-22-20(16(6)21,17-10-8-9-11-18-17)13-12-19(14(2)3)15(4)5/h8-11,14-15H,7,12-13H2,1-6H3/q+1. The lowest BCUT2D eigenvalue weighted by molar-refractivity contribution is -0.179. The second-order valence-corrected chi connectivity index (χ2v) is 6.01. The Morgan fingerprint density at radius 2 is 1.91 bits per heavy atom. The smallest absolute Gasteiger partial charge is 0.293 e. The summed E-state index contributed by atoms with van der Waals surface area (Å²) < 4.78 is -0.159. The molecule has 0 aliphatic rings. The largest absolute Gasteiger partial charge is 0.349 e. The molecule has 0 N–H and O–H groups in total. The van der Waals surface area contributed by atoms with E-state index in [1.807, 2.05) is 25.1 Å². The summed E-state index contributed by atoms with van der Waals surface area (Å²) in [5.74, 6) is 0.595. The number of quaternary nitrogens is 1. The van der Waals surface area contributed by atoms with Crippen molar-refractivity contribution in [3.05, 3.63) is 24.4 Å². The van der Waals surface area contributed by atoms with Gasteiger partial charge in [0.2, 0.25) is 0 Å². The minimum atomic E-state index is -0.159. The summed E-state index contributed by atoms with van der Waals surface area (Å²) >= 11 is 0. The van der Waals surface area contributed by atoms with Crippen molar-refractivity contribution in [3.8, 4) is 0 Å². The molecular formula is C17H30N3O2+. The van der Waals surface area contributed by atoms with Gasteiger partial charge in [0.05, 0.1) is 13.5 Å². The molecule has 0 saturated heterocycles. The fraction of sp³-hybridized carbons (Fsp3) is 0.647. The molecule has 124 valence electrons. The van der Waals surface area contributed by atoms with Gasteiger partial charge in [0, 0.05) is 24.3 Å². The van der Waals surface area contributed by atoms with E-state index in [0.717, 1.165) is 6.54 Å². The fourth-order valence-electron chi connectivity index (χ4n) is 2.81. The van der Waals surface area contributed by atoms with E-state index in [9.17, 15) is 4.79 Å². The number of amides is 1. The van der Waals surface area contributed by atoms with Crippen LogP contribution in [0, 0.1) is 0 Å². The minimum Gasteiger partial charge on any atom is -0.293 e. The topological polar surface area (TPSA) is 42.4 Å². The van der Waals surface area contributed by atoms with Crippen LogP contribution in [0.4, 0.5) is 5.82 Å². The van der Waals surface area contributed by atoms with Crippen LogP contribution in [0.5, 0.6) is 0 Å². The maximum atomic E-state index is 12.4. The van der Waals surface area contributed by atoms with Crippen LogP contribution in [0.15, 0.2) is 24.4 Å². The molecule has 0 radical (unpaired) electrons. The predicted molar refractivity (Wildman–Crippen MR) is 90.2 cm³/mol. The highest BCUT2D eigenvalue weighted by Gasteiger charge is 2.40. The molecule has 0 spiro atoms. The quantitative estimate of drug-likeness (QED) is 0.547. The lowest BCUT2D eigenvalue weighted by Crippen LogP contribution is -2.57. The highest BCUT2D eigenvalue weighted by molar-refractivity contribution is 5.83. The Hall–Kier alpha value is -1.30. The van der Waals surface area contributed by atoms with Crippen molar-refractivity contribution in [2.75, 3.05) is 19.7 Å².